The van der Waals surface area contributed by atoms with Gasteiger partial charge in [-0.15, -0.1) is 0 Å². The lowest BCUT2D eigenvalue weighted by atomic mass is 9.80. The molecule has 4 aliphatic rings. The largest absolute Gasteiger partial charge is 0.353 e. The van der Waals surface area contributed by atoms with Gasteiger partial charge in [-0.05, 0) is 186 Å². The second-order valence-corrected chi connectivity index (χ2v) is 24.8. The molecule has 2 aromatic heterocycles. The van der Waals surface area contributed by atoms with Gasteiger partial charge in [-0.25, -0.2) is 4.99 Å². The number of aromatic amines is 2. The van der Waals surface area contributed by atoms with Gasteiger partial charge in [-0.2, -0.15) is 0 Å². The standard InChI is InChI=1S/C60H32Br8N4/c61-41-21-33-35(23-43(41)63)55-50(30-15-7-2-8-16-30)57-37-25-45(65)47(67)27-39(37)59(71-57)52(32-19-11-4-12-20-32)60-40-28-48(68)46(66)26-38(40)58(72-60)51(31-17-9-3-10-18-31)56-36-24-44(64)42(62)22-34(36)54(70-56)49(53(33)69-55)29-13-5-1-6-14-29/h1-28,33,35,70-71H. The predicted molar refractivity (Wildman–Crippen MR) is 326 cm³/mol. The second-order valence-electron chi connectivity index (χ2n) is 17.9. The van der Waals surface area contributed by atoms with Crippen LogP contribution in [0, 0.1) is 11.8 Å². The smallest absolute Gasteiger partial charge is 0.0816 e. The fourth-order valence-corrected chi connectivity index (χ4v) is 13.6. The number of rotatable bonds is 4. The van der Waals surface area contributed by atoms with Crippen LogP contribution in [0.1, 0.15) is 44.8 Å². The minimum Gasteiger partial charge on any atom is -0.353 e. The SMILES string of the molecule is BrC1=CC2C3=NC(=C(c4ccccc4)c4[nH]c(c5cc(Br)c(Br)cc45)C(c4ccccc4)=C4N=C(C(c5ccccc5)=c5[nH]c(c6cc(Br)c(Br)cc56)=C3c3ccccc3)c3cc(Br)c(Br)cc34)C2C=C1Br. The van der Waals surface area contributed by atoms with Gasteiger partial charge in [0.15, 0.2) is 0 Å². The summed E-state index contributed by atoms with van der Waals surface area (Å²) in [5, 5.41) is 6.04. The Labute approximate surface area is 481 Å². The van der Waals surface area contributed by atoms with E-state index in [1.807, 2.05) is 0 Å². The number of halogens is 8. The highest BCUT2D eigenvalue weighted by Crippen LogP contribution is 2.51. The van der Waals surface area contributed by atoms with Crippen molar-refractivity contribution in [1.82, 2.24) is 9.97 Å². The quantitative estimate of drug-likeness (QED) is 0.176. The van der Waals surface area contributed by atoms with Crippen LogP contribution in [0.15, 0.2) is 221 Å². The Balaban J connectivity index is 1.35. The lowest BCUT2D eigenvalue weighted by Gasteiger charge is -2.24. The zero-order valence-electron chi connectivity index (χ0n) is 37.2. The van der Waals surface area contributed by atoms with Crippen molar-refractivity contribution in [3.8, 4) is 0 Å². The van der Waals surface area contributed by atoms with Gasteiger partial charge in [0.2, 0.25) is 0 Å². The van der Waals surface area contributed by atoms with Gasteiger partial charge in [-0.3, -0.25) is 4.99 Å². The summed E-state index contributed by atoms with van der Waals surface area (Å²) in [4.78, 5) is 20.4. The molecule has 0 amide bonds. The third kappa shape index (κ3) is 7.75. The van der Waals surface area contributed by atoms with Crippen LogP contribution in [0.3, 0.4) is 0 Å². The Hall–Kier alpha value is -4.50. The van der Waals surface area contributed by atoms with Crippen LogP contribution in [-0.2, 0) is 0 Å². The van der Waals surface area contributed by atoms with E-state index in [9.17, 15) is 0 Å². The number of nitrogens with zero attached hydrogens (tertiary/aromatic N) is 2. The summed E-state index contributed by atoms with van der Waals surface area (Å²) in [5.41, 5.74) is 15.6. The van der Waals surface area contributed by atoms with Crippen molar-refractivity contribution < 1.29 is 0 Å². The molecule has 0 saturated carbocycles. The molecule has 4 nitrogen and oxygen atoms in total. The average molecular weight is 1450 g/mol. The molecule has 9 aromatic rings. The van der Waals surface area contributed by atoms with Gasteiger partial charge in [0, 0.05) is 103 Å². The van der Waals surface area contributed by atoms with Crippen LogP contribution in [0.4, 0.5) is 0 Å². The summed E-state index contributed by atoms with van der Waals surface area (Å²) in [6.07, 6.45) is 4.65. The fraction of sp³-hybridized carbons (Fsp3) is 0.0333. The van der Waals surface area contributed by atoms with Crippen LogP contribution in [0.5, 0.6) is 0 Å². The van der Waals surface area contributed by atoms with E-state index in [1.54, 1.807) is 0 Å². The van der Waals surface area contributed by atoms with Crippen molar-refractivity contribution >= 4 is 188 Å². The minimum atomic E-state index is -0.162. The highest BCUT2D eigenvalue weighted by molar-refractivity contribution is 9.15. The van der Waals surface area contributed by atoms with Gasteiger partial charge < -0.3 is 9.97 Å². The first-order chi connectivity index (χ1) is 35.0. The Morgan fingerprint density at radius 3 is 1.29 bits per heavy atom. The first-order valence-corrected chi connectivity index (χ1v) is 29.3. The van der Waals surface area contributed by atoms with Crippen molar-refractivity contribution in [2.45, 2.75) is 0 Å². The molecule has 8 bridgehead atoms. The maximum atomic E-state index is 6.05. The van der Waals surface area contributed by atoms with E-state index < -0.39 is 0 Å². The Morgan fingerprint density at radius 2 is 0.764 bits per heavy atom. The van der Waals surface area contributed by atoms with E-state index in [-0.39, 0.29) is 11.8 Å². The van der Waals surface area contributed by atoms with Gasteiger partial charge in [0.05, 0.1) is 44.9 Å². The molecule has 2 aliphatic heterocycles. The molecule has 4 heterocycles. The van der Waals surface area contributed by atoms with Crippen molar-refractivity contribution in [2.75, 3.05) is 0 Å². The lowest BCUT2D eigenvalue weighted by Crippen LogP contribution is -2.26. The summed E-state index contributed by atoms with van der Waals surface area (Å²) in [5.74, 6) is -0.324. The molecule has 13 rings (SSSR count). The highest BCUT2D eigenvalue weighted by Gasteiger charge is 2.41. The number of aromatic nitrogens is 2. The molecule has 348 valence electrons. The van der Waals surface area contributed by atoms with Gasteiger partial charge >= 0.3 is 0 Å². The minimum absolute atomic E-state index is 0.162. The van der Waals surface area contributed by atoms with Gasteiger partial charge in [0.1, 0.15) is 0 Å². The van der Waals surface area contributed by atoms with E-state index >= 15 is 0 Å². The number of hydrogen-bond donors (Lipinski definition) is 2. The first-order valence-electron chi connectivity index (χ1n) is 22.9. The number of hydrogen-bond acceptors (Lipinski definition) is 2. The third-order valence-corrected chi connectivity index (χ3v) is 21.3. The highest BCUT2D eigenvalue weighted by atomic mass is 79.9. The molecular weight excluding hydrogens is 1420 g/mol. The normalized spacial score (nSPS) is 17.3. The average Bonchev–Trinajstić information content (AvgIpc) is 4.13. The zero-order valence-corrected chi connectivity index (χ0v) is 49.9. The predicted octanol–water partition coefficient (Wildman–Crippen LogP) is 18.1. The molecule has 2 aliphatic carbocycles. The summed E-state index contributed by atoms with van der Waals surface area (Å²) < 4.78 is 7.56. The number of benzene rings is 7. The van der Waals surface area contributed by atoms with Gasteiger partial charge in [0.25, 0.3) is 0 Å². The summed E-state index contributed by atoms with van der Waals surface area (Å²) >= 11 is 31.7. The molecule has 0 fully saturated rings. The lowest BCUT2D eigenvalue weighted by molar-refractivity contribution is 0.698. The van der Waals surface area contributed by atoms with Crippen molar-refractivity contribution in [3.63, 3.8) is 0 Å². The monoisotopic (exact) mass is 1440 g/mol. The van der Waals surface area contributed by atoms with Crippen molar-refractivity contribution in [3.05, 3.63) is 267 Å². The van der Waals surface area contributed by atoms with E-state index in [4.69, 9.17) is 9.98 Å². The van der Waals surface area contributed by atoms with Crippen molar-refractivity contribution in [1.29, 1.82) is 0 Å². The second kappa shape index (κ2) is 18.7. The van der Waals surface area contributed by atoms with Crippen LogP contribution >= 0.6 is 127 Å². The van der Waals surface area contributed by atoms with Crippen LogP contribution in [0.25, 0.3) is 49.5 Å². The van der Waals surface area contributed by atoms with Crippen molar-refractivity contribution in [2.24, 2.45) is 21.8 Å². The Bertz CT molecular complexity index is 4160. The molecule has 0 saturated heterocycles. The van der Waals surface area contributed by atoms with E-state index in [0.29, 0.717) is 0 Å². The number of aliphatic imine (C=N–C) groups is 2. The molecule has 0 spiro atoms. The first kappa shape index (κ1) is 47.2. The zero-order chi connectivity index (χ0) is 49.1. The number of H-pyrrole nitrogens is 2. The van der Waals surface area contributed by atoms with Crippen LogP contribution in [0.2, 0.25) is 0 Å². The summed E-state index contributed by atoms with van der Waals surface area (Å²) in [6.45, 7) is 0. The molecular formula is C60H32Br8N4. The molecule has 2 N–H and O–H groups in total. The molecule has 0 radical (unpaired) electrons. The maximum Gasteiger partial charge on any atom is 0.0816 e. The summed E-state index contributed by atoms with van der Waals surface area (Å²) in [6, 6.07) is 56.1. The van der Waals surface area contributed by atoms with E-state index in [2.05, 4.69) is 307 Å². The maximum absolute atomic E-state index is 6.05. The molecule has 2 unspecified atom stereocenters. The number of nitrogens with one attached hydrogen (secondary N) is 2. The molecule has 12 heteroatoms. The van der Waals surface area contributed by atoms with E-state index in [1.165, 1.54) is 0 Å². The molecule has 7 aromatic carbocycles. The van der Waals surface area contributed by atoms with E-state index in [0.717, 1.165) is 158 Å². The van der Waals surface area contributed by atoms with Crippen LogP contribution < -0.4 is 10.7 Å². The molecule has 72 heavy (non-hydrogen) atoms. The van der Waals surface area contributed by atoms with Crippen LogP contribution in [-0.4, -0.2) is 21.4 Å². The Morgan fingerprint density at radius 1 is 0.361 bits per heavy atom. The Kier molecular flexibility index (Phi) is 12.3. The topological polar surface area (TPSA) is 56.3 Å². The third-order valence-electron chi connectivity index (χ3n) is 13.9. The fourth-order valence-electron chi connectivity index (χ4n) is 10.7. The molecule has 2 atom stereocenters. The van der Waals surface area contributed by atoms with Gasteiger partial charge in [-0.1, -0.05) is 133 Å². The summed E-state index contributed by atoms with van der Waals surface area (Å²) in [7, 11) is 0. The number of allylic oxidation sites excluding steroid dienone is 4.